The number of nitrogens with zero attached hydrogens (tertiary/aromatic N) is 5. The van der Waals surface area contributed by atoms with Crippen LogP contribution in [0.3, 0.4) is 0 Å². The van der Waals surface area contributed by atoms with Crippen LogP contribution in [-0.4, -0.2) is 54.6 Å². The Morgan fingerprint density at radius 3 is 2.28 bits per heavy atom. The fourth-order valence-electron chi connectivity index (χ4n) is 3.93. The molecule has 8 nitrogen and oxygen atoms in total. The second-order valence-corrected chi connectivity index (χ2v) is 10.5. The van der Waals surface area contributed by atoms with E-state index in [1.165, 1.54) is 36.1 Å². The van der Waals surface area contributed by atoms with Crippen molar-refractivity contribution in [3.05, 3.63) is 84.3 Å². The molecule has 4 aromatic rings. The molecule has 0 aliphatic rings. The van der Waals surface area contributed by atoms with Gasteiger partial charge in [-0.1, -0.05) is 0 Å². The second-order valence-electron chi connectivity index (χ2n) is 8.71. The maximum Gasteiger partial charge on any atom is 0.274 e. The third kappa shape index (κ3) is 5.40. The Morgan fingerprint density at radius 1 is 0.974 bits per heavy atom. The molecule has 0 saturated carbocycles. The van der Waals surface area contributed by atoms with E-state index in [1.54, 1.807) is 25.3 Å². The van der Waals surface area contributed by atoms with E-state index in [0.29, 0.717) is 35.9 Å². The van der Waals surface area contributed by atoms with E-state index in [1.807, 2.05) is 0 Å². The van der Waals surface area contributed by atoms with Gasteiger partial charge in [0, 0.05) is 30.7 Å². The average molecular weight is 562 g/mol. The molecule has 2 heterocycles. The van der Waals surface area contributed by atoms with Crippen LogP contribution in [0.25, 0.3) is 22.4 Å². The average Bonchev–Trinajstić information content (AvgIpc) is 3.31. The molecule has 2 aromatic carbocycles. The van der Waals surface area contributed by atoms with Gasteiger partial charge < -0.3 is 4.90 Å². The molecule has 0 fully saturated rings. The van der Waals surface area contributed by atoms with Gasteiger partial charge in [-0.3, -0.25) is 14.5 Å². The number of amides is 1. The van der Waals surface area contributed by atoms with Crippen molar-refractivity contribution in [2.45, 2.75) is 18.4 Å². The first kappa shape index (κ1) is 27.9. The largest absolute Gasteiger partial charge is 0.301 e. The summed E-state index contributed by atoms with van der Waals surface area (Å²) in [6.45, 7) is 1.56. The molecule has 13 heteroatoms. The third-order valence-corrected chi connectivity index (χ3v) is 7.44. The highest BCUT2D eigenvalue weighted by Crippen LogP contribution is 2.39. The van der Waals surface area contributed by atoms with Gasteiger partial charge in [-0.25, -0.2) is 26.0 Å². The number of rotatable bonds is 8. The van der Waals surface area contributed by atoms with Crippen LogP contribution in [0.4, 0.5) is 23.2 Å². The van der Waals surface area contributed by atoms with E-state index in [4.69, 9.17) is 0 Å². The molecule has 0 N–H and O–H groups in total. The van der Waals surface area contributed by atoms with Gasteiger partial charge >= 0.3 is 0 Å². The first-order chi connectivity index (χ1) is 18.4. The van der Waals surface area contributed by atoms with Crippen LogP contribution >= 0.6 is 0 Å². The Kier molecular flexibility index (Phi) is 7.84. The number of hydrogen-bond donors (Lipinski definition) is 0. The van der Waals surface area contributed by atoms with Gasteiger partial charge in [0.1, 0.15) is 28.0 Å². The van der Waals surface area contributed by atoms with Crippen molar-refractivity contribution in [3.63, 3.8) is 0 Å². The Balaban J connectivity index is 1.99. The minimum atomic E-state index is -5.20. The smallest absolute Gasteiger partial charge is 0.274 e. The quantitative estimate of drug-likeness (QED) is 0.295. The summed E-state index contributed by atoms with van der Waals surface area (Å²) in [5, 5.41) is 4.28. The van der Waals surface area contributed by atoms with Crippen LogP contribution in [0, 0.1) is 23.3 Å². The standard InChI is InChI=1S/C26H23F4N5O3S/c1-4-34-14-18(16-9-11-31-12-10-16)26(32-34)24-20(29)7-8-21(25(24)30)35(23(36)15-33(2)3)39(37,38)22-13-17(27)5-6-19(22)28/h5-14H,4,15H2,1-3H3. The molecule has 4 rings (SSSR count). The van der Waals surface area contributed by atoms with E-state index >= 15 is 8.78 Å². The molecular formula is C26H23F4N5O3S. The van der Waals surface area contributed by atoms with Gasteiger partial charge in [-0.15, -0.1) is 0 Å². The maximum atomic E-state index is 16.3. The number of likely N-dealkylation sites (N-methyl/N-ethyl adjacent to an activating group) is 1. The summed E-state index contributed by atoms with van der Waals surface area (Å²) in [7, 11) is -2.29. The zero-order valence-corrected chi connectivity index (χ0v) is 21.9. The van der Waals surface area contributed by atoms with Crippen LogP contribution < -0.4 is 4.31 Å². The minimum absolute atomic E-state index is 0.0199. The summed E-state index contributed by atoms with van der Waals surface area (Å²) in [6, 6.07) is 6.38. The number of aromatic nitrogens is 3. The van der Waals surface area contributed by atoms with Crippen LogP contribution in [0.1, 0.15) is 6.92 Å². The van der Waals surface area contributed by atoms with Crippen LogP contribution in [0.2, 0.25) is 0 Å². The van der Waals surface area contributed by atoms with E-state index in [2.05, 4.69) is 10.1 Å². The number of aryl methyl sites for hydroxylation is 1. The van der Waals surface area contributed by atoms with Crippen molar-refractivity contribution in [2.75, 3.05) is 24.9 Å². The monoisotopic (exact) mass is 561 g/mol. The van der Waals surface area contributed by atoms with E-state index in [-0.39, 0.29) is 10.00 Å². The van der Waals surface area contributed by atoms with Crippen molar-refractivity contribution >= 4 is 21.6 Å². The van der Waals surface area contributed by atoms with Gasteiger partial charge in [0.05, 0.1) is 17.8 Å². The molecule has 0 atom stereocenters. The number of sulfonamides is 1. The van der Waals surface area contributed by atoms with Gasteiger partial charge in [0.25, 0.3) is 15.9 Å². The summed E-state index contributed by atoms with van der Waals surface area (Å²) in [5.74, 6) is -6.15. The SMILES string of the molecule is CCn1cc(-c2ccncc2)c(-c2c(F)ccc(N(C(=O)CN(C)C)S(=O)(=O)c3cc(F)ccc3F)c2F)n1. The molecular weight excluding hydrogens is 538 g/mol. The summed E-state index contributed by atoms with van der Waals surface area (Å²) in [6.07, 6.45) is 4.52. The summed E-state index contributed by atoms with van der Waals surface area (Å²) >= 11 is 0. The van der Waals surface area contributed by atoms with Gasteiger partial charge in [0.2, 0.25) is 0 Å². The molecule has 0 aliphatic carbocycles. The molecule has 204 valence electrons. The highest BCUT2D eigenvalue weighted by atomic mass is 32.2. The van der Waals surface area contributed by atoms with Crippen molar-refractivity contribution in [2.24, 2.45) is 0 Å². The van der Waals surface area contributed by atoms with Gasteiger partial charge in [0.15, 0.2) is 5.82 Å². The lowest BCUT2D eigenvalue weighted by Crippen LogP contribution is -2.43. The van der Waals surface area contributed by atoms with E-state index in [9.17, 15) is 22.0 Å². The third-order valence-electron chi connectivity index (χ3n) is 5.69. The molecule has 1 amide bonds. The topological polar surface area (TPSA) is 88.4 Å². The molecule has 0 radical (unpaired) electrons. The maximum absolute atomic E-state index is 16.3. The molecule has 0 saturated heterocycles. The van der Waals surface area contributed by atoms with Crippen molar-refractivity contribution in [1.29, 1.82) is 0 Å². The molecule has 2 aromatic heterocycles. The van der Waals surface area contributed by atoms with Crippen LogP contribution in [-0.2, 0) is 21.4 Å². The van der Waals surface area contributed by atoms with Crippen molar-refractivity contribution in [1.82, 2.24) is 19.7 Å². The van der Waals surface area contributed by atoms with Crippen LogP contribution in [0.15, 0.2) is 66.0 Å². The first-order valence-corrected chi connectivity index (χ1v) is 13.0. The zero-order chi connectivity index (χ0) is 28.5. The lowest BCUT2D eigenvalue weighted by molar-refractivity contribution is -0.118. The first-order valence-electron chi connectivity index (χ1n) is 11.6. The summed E-state index contributed by atoms with van der Waals surface area (Å²) in [5.41, 5.74) is -0.898. The zero-order valence-electron chi connectivity index (χ0n) is 21.1. The highest BCUT2D eigenvalue weighted by molar-refractivity contribution is 7.93. The Bertz CT molecular complexity index is 1640. The summed E-state index contributed by atoms with van der Waals surface area (Å²) < 4.78 is 88.6. The minimum Gasteiger partial charge on any atom is -0.301 e. The number of benzene rings is 2. The predicted octanol–water partition coefficient (Wildman–Crippen LogP) is 4.47. The van der Waals surface area contributed by atoms with Crippen molar-refractivity contribution in [3.8, 4) is 22.4 Å². The Morgan fingerprint density at radius 2 is 1.64 bits per heavy atom. The van der Waals surface area contributed by atoms with E-state index in [0.717, 1.165) is 12.1 Å². The van der Waals surface area contributed by atoms with Gasteiger partial charge in [-0.05, 0) is 69.0 Å². The fraction of sp³-hybridized carbons (Fsp3) is 0.192. The number of carbonyl (C=O) groups excluding carboxylic acids is 1. The molecule has 0 bridgehead atoms. The number of pyridine rings is 1. The molecule has 0 spiro atoms. The highest BCUT2D eigenvalue weighted by Gasteiger charge is 2.37. The van der Waals surface area contributed by atoms with Crippen LogP contribution in [0.5, 0.6) is 0 Å². The van der Waals surface area contributed by atoms with Gasteiger partial charge in [-0.2, -0.15) is 9.40 Å². The Labute approximate surface area is 222 Å². The normalized spacial score (nSPS) is 11.7. The lowest BCUT2D eigenvalue weighted by atomic mass is 10.0. The number of halogens is 4. The summed E-state index contributed by atoms with van der Waals surface area (Å²) in [4.78, 5) is 17.3. The fourth-order valence-corrected chi connectivity index (χ4v) is 5.43. The predicted molar refractivity (Wildman–Crippen MR) is 136 cm³/mol. The van der Waals surface area contributed by atoms with Crippen molar-refractivity contribution < 1.29 is 30.8 Å². The molecule has 0 aliphatic heterocycles. The Hall–Kier alpha value is -4.10. The molecule has 39 heavy (non-hydrogen) atoms. The lowest BCUT2D eigenvalue weighted by Gasteiger charge is -2.25. The molecule has 0 unspecified atom stereocenters. The number of carbonyl (C=O) groups is 1. The second kappa shape index (κ2) is 10.9. The number of anilines is 1. The number of hydrogen-bond acceptors (Lipinski definition) is 6. The van der Waals surface area contributed by atoms with E-state index < -0.39 is 61.9 Å².